The maximum absolute atomic E-state index is 12.0. The predicted molar refractivity (Wildman–Crippen MR) is 90.6 cm³/mol. The molecular weight excluding hydrogens is 314 g/mol. The second-order valence-electron chi connectivity index (χ2n) is 6.51. The van der Waals surface area contributed by atoms with Crippen LogP contribution < -0.4 is 4.72 Å². The number of fused-ring (bicyclic) bond motifs is 2. The molecule has 2 bridgehead atoms. The van der Waals surface area contributed by atoms with Gasteiger partial charge in [0.2, 0.25) is 11.3 Å². The van der Waals surface area contributed by atoms with E-state index in [0.717, 1.165) is 19.3 Å². The molecule has 6 heteroatoms. The summed E-state index contributed by atoms with van der Waals surface area (Å²) in [7, 11) is 1.42. The molecule has 1 N–H and O–H groups in total. The number of unbranched alkanes of at least 4 members (excludes halogenated alkanes) is 1. The standard InChI is InChI=1S/C17H29NO4S/c1-3-11-22-23(20)18-17-14-10-9-13(12-14)15(17)7-5-4-6-8-16(19)21-2/h5,7,13-15,17-18H,3-4,6,8-12H2,1-2H3/b7-5-/t13-,14+,15-,17?,23?/m1/s1. The first-order chi connectivity index (χ1) is 11.2. The van der Waals surface area contributed by atoms with Crippen molar-refractivity contribution >= 4 is 17.2 Å². The maximum Gasteiger partial charge on any atom is 0.305 e. The van der Waals surface area contributed by atoms with Crippen LogP contribution in [0.1, 0.15) is 51.9 Å². The molecule has 0 radical (unpaired) electrons. The summed E-state index contributed by atoms with van der Waals surface area (Å²) in [4.78, 5) is 11.1. The zero-order valence-electron chi connectivity index (χ0n) is 14.2. The van der Waals surface area contributed by atoms with Crippen LogP contribution in [0.25, 0.3) is 0 Å². The SMILES string of the molecule is CCCOS(=O)NC1[C@H]2CC[C@H](C2)[C@H]1/C=C\CCCC(=O)OC. The fourth-order valence-corrected chi connectivity index (χ4v) is 4.77. The first kappa shape index (κ1) is 18.6. The predicted octanol–water partition coefficient (Wildman–Crippen LogP) is 2.90. The molecule has 0 amide bonds. The molecule has 0 aromatic heterocycles. The largest absolute Gasteiger partial charge is 0.469 e. The van der Waals surface area contributed by atoms with Gasteiger partial charge >= 0.3 is 5.97 Å². The summed E-state index contributed by atoms with van der Waals surface area (Å²) in [6, 6.07) is 0.253. The molecule has 132 valence electrons. The Morgan fingerprint density at radius 3 is 2.87 bits per heavy atom. The van der Waals surface area contributed by atoms with E-state index >= 15 is 0 Å². The van der Waals surface area contributed by atoms with Gasteiger partial charge in [0, 0.05) is 12.5 Å². The number of ether oxygens (including phenoxy) is 1. The van der Waals surface area contributed by atoms with Crippen LogP contribution in [-0.4, -0.2) is 29.9 Å². The Bertz CT molecular complexity index is 440. The monoisotopic (exact) mass is 343 g/mol. The van der Waals surface area contributed by atoms with E-state index in [-0.39, 0.29) is 12.0 Å². The van der Waals surface area contributed by atoms with Crippen LogP contribution in [-0.2, 0) is 25.0 Å². The lowest BCUT2D eigenvalue weighted by Gasteiger charge is -2.29. The summed E-state index contributed by atoms with van der Waals surface area (Å²) in [5.41, 5.74) is 0. The van der Waals surface area contributed by atoms with E-state index in [9.17, 15) is 9.00 Å². The third kappa shape index (κ3) is 5.40. The number of allylic oxidation sites excluding steroid dienone is 1. The molecule has 0 saturated heterocycles. The van der Waals surface area contributed by atoms with Gasteiger partial charge in [-0.15, -0.1) is 0 Å². The zero-order valence-corrected chi connectivity index (χ0v) is 15.0. The highest BCUT2D eigenvalue weighted by molar-refractivity contribution is 7.78. The van der Waals surface area contributed by atoms with Crippen molar-refractivity contribution in [3.8, 4) is 0 Å². The highest BCUT2D eigenvalue weighted by Crippen LogP contribution is 2.49. The summed E-state index contributed by atoms with van der Waals surface area (Å²) in [5.74, 6) is 1.58. The number of nitrogens with one attached hydrogen (secondary N) is 1. The normalized spacial score (nSPS) is 30.9. The average Bonchev–Trinajstić information content (AvgIpc) is 3.14. The van der Waals surface area contributed by atoms with Gasteiger partial charge in [0.1, 0.15) is 0 Å². The van der Waals surface area contributed by atoms with E-state index in [4.69, 9.17) is 4.18 Å². The van der Waals surface area contributed by atoms with Gasteiger partial charge in [0.05, 0.1) is 13.7 Å². The third-order valence-electron chi connectivity index (χ3n) is 4.95. The van der Waals surface area contributed by atoms with Gasteiger partial charge in [-0.05, 0) is 56.3 Å². The van der Waals surface area contributed by atoms with Gasteiger partial charge in [-0.2, -0.15) is 0 Å². The minimum atomic E-state index is -1.39. The molecule has 23 heavy (non-hydrogen) atoms. The molecule has 5 atom stereocenters. The third-order valence-corrected chi connectivity index (χ3v) is 5.79. The Morgan fingerprint density at radius 1 is 1.35 bits per heavy atom. The first-order valence-corrected chi connectivity index (χ1v) is 9.77. The second-order valence-corrected chi connectivity index (χ2v) is 7.45. The van der Waals surface area contributed by atoms with Gasteiger partial charge in [0.25, 0.3) is 0 Å². The molecule has 0 spiro atoms. The zero-order chi connectivity index (χ0) is 16.7. The van der Waals surface area contributed by atoms with Crippen molar-refractivity contribution in [2.75, 3.05) is 13.7 Å². The number of rotatable bonds is 10. The molecular formula is C17H29NO4S. The second kappa shape index (κ2) is 9.55. The van der Waals surface area contributed by atoms with Crippen molar-refractivity contribution in [1.82, 2.24) is 4.72 Å². The van der Waals surface area contributed by atoms with E-state index in [2.05, 4.69) is 21.6 Å². The molecule has 5 nitrogen and oxygen atoms in total. The number of methoxy groups -OCH3 is 1. The van der Waals surface area contributed by atoms with Gasteiger partial charge < -0.3 is 4.74 Å². The minimum Gasteiger partial charge on any atom is -0.469 e. The van der Waals surface area contributed by atoms with Gasteiger partial charge in [-0.1, -0.05) is 19.1 Å². The molecule has 0 aromatic rings. The summed E-state index contributed by atoms with van der Waals surface area (Å²) < 4.78 is 25.1. The Balaban J connectivity index is 1.80. The van der Waals surface area contributed by atoms with Gasteiger partial charge in [0.15, 0.2) is 0 Å². The smallest absolute Gasteiger partial charge is 0.305 e. The van der Waals surface area contributed by atoms with E-state index in [1.165, 1.54) is 26.4 Å². The van der Waals surface area contributed by atoms with Gasteiger partial charge in [-0.3, -0.25) is 8.98 Å². The number of hydrogen-bond donors (Lipinski definition) is 1. The van der Waals surface area contributed by atoms with Crippen LogP contribution in [0.4, 0.5) is 0 Å². The molecule has 0 aliphatic heterocycles. The van der Waals surface area contributed by atoms with Crippen LogP contribution >= 0.6 is 0 Å². The Kier molecular flexibility index (Phi) is 7.73. The fourth-order valence-electron chi connectivity index (χ4n) is 3.81. The lowest BCUT2D eigenvalue weighted by atomic mass is 9.84. The van der Waals surface area contributed by atoms with Crippen LogP contribution in [0, 0.1) is 17.8 Å². The lowest BCUT2D eigenvalue weighted by molar-refractivity contribution is -0.140. The molecule has 2 aliphatic carbocycles. The van der Waals surface area contributed by atoms with Gasteiger partial charge in [-0.25, -0.2) is 8.93 Å². The van der Waals surface area contributed by atoms with Crippen molar-refractivity contribution < 1.29 is 17.9 Å². The summed E-state index contributed by atoms with van der Waals surface area (Å²) >= 11 is -1.39. The Morgan fingerprint density at radius 2 is 2.13 bits per heavy atom. The number of esters is 1. The van der Waals surface area contributed by atoms with E-state index in [1.807, 2.05) is 6.92 Å². The van der Waals surface area contributed by atoms with E-state index in [1.54, 1.807) is 0 Å². The fraction of sp³-hybridized carbons (Fsp3) is 0.824. The van der Waals surface area contributed by atoms with E-state index in [0.29, 0.717) is 30.8 Å². The summed E-state index contributed by atoms with van der Waals surface area (Å²) in [6.07, 6.45) is 11.2. The molecule has 0 heterocycles. The van der Waals surface area contributed by atoms with E-state index < -0.39 is 11.3 Å². The molecule has 2 fully saturated rings. The van der Waals surface area contributed by atoms with Crippen LogP contribution in [0.3, 0.4) is 0 Å². The van der Waals surface area contributed by atoms with Crippen molar-refractivity contribution in [3.63, 3.8) is 0 Å². The molecule has 2 aliphatic rings. The number of carbonyl (C=O) groups is 1. The minimum absolute atomic E-state index is 0.152. The van der Waals surface area contributed by atoms with Crippen LogP contribution in [0.5, 0.6) is 0 Å². The molecule has 0 aromatic carbocycles. The highest BCUT2D eigenvalue weighted by Gasteiger charge is 2.46. The van der Waals surface area contributed by atoms with Crippen molar-refractivity contribution in [3.05, 3.63) is 12.2 Å². The summed E-state index contributed by atoms with van der Waals surface area (Å²) in [6.45, 7) is 2.53. The average molecular weight is 343 g/mol. The van der Waals surface area contributed by atoms with Crippen molar-refractivity contribution in [1.29, 1.82) is 0 Å². The Labute approximate surface area is 142 Å². The van der Waals surface area contributed by atoms with Crippen molar-refractivity contribution in [2.45, 2.75) is 57.9 Å². The molecule has 2 saturated carbocycles. The molecule has 2 unspecified atom stereocenters. The number of carbonyl (C=O) groups excluding carboxylic acids is 1. The van der Waals surface area contributed by atoms with Crippen LogP contribution in [0.15, 0.2) is 12.2 Å². The first-order valence-electron chi connectivity index (χ1n) is 8.70. The molecule has 2 rings (SSSR count). The highest BCUT2D eigenvalue weighted by atomic mass is 32.2. The quantitative estimate of drug-likeness (QED) is 0.376. The lowest BCUT2D eigenvalue weighted by Crippen LogP contribution is -2.41. The van der Waals surface area contributed by atoms with Crippen LogP contribution in [0.2, 0.25) is 0 Å². The maximum atomic E-state index is 12.0. The Hall–Kier alpha value is -0.720. The number of hydrogen-bond acceptors (Lipinski definition) is 4. The topological polar surface area (TPSA) is 64.6 Å². The van der Waals surface area contributed by atoms with Crippen molar-refractivity contribution in [2.24, 2.45) is 17.8 Å². The summed E-state index contributed by atoms with van der Waals surface area (Å²) in [5, 5.41) is 0.